The minimum atomic E-state index is -1.33. The molecule has 1 unspecified atom stereocenters. The Bertz CT molecular complexity index is 460. The van der Waals surface area contributed by atoms with Gasteiger partial charge in [-0.1, -0.05) is 0 Å². The first kappa shape index (κ1) is 11.9. The normalized spacial score (nSPS) is 19.5. The Kier molecular flexibility index (Phi) is 2.84. The van der Waals surface area contributed by atoms with Crippen LogP contribution in [0.5, 0.6) is 0 Å². The Morgan fingerprint density at radius 1 is 1.47 bits per heavy atom. The van der Waals surface area contributed by atoms with Crippen molar-refractivity contribution in [2.24, 2.45) is 5.73 Å². The summed E-state index contributed by atoms with van der Waals surface area (Å²) in [6, 6.07) is 1.57. The molecule has 4 nitrogen and oxygen atoms in total. The molecule has 1 aromatic rings. The minimum absolute atomic E-state index is 0.0269. The van der Waals surface area contributed by atoms with E-state index >= 15 is 0 Å². The maximum atomic E-state index is 13.6. The van der Waals surface area contributed by atoms with Crippen molar-refractivity contribution >= 4 is 5.97 Å². The van der Waals surface area contributed by atoms with Crippen molar-refractivity contribution in [2.45, 2.75) is 11.5 Å². The molecule has 0 saturated carbocycles. The van der Waals surface area contributed by atoms with Gasteiger partial charge in [0, 0.05) is 5.56 Å². The highest BCUT2D eigenvalue weighted by molar-refractivity contribution is 5.76. The minimum Gasteiger partial charge on any atom is -0.480 e. The van der Waals surface area contributed by atoms with Gasteiger partial charge in [-0.15, -0.1) is 0 Å². The van der Waals surface area contributed by atoms with E-state index in [1.807, 2.05) is 0 Å². The third kappa shape index (κ3) is 1.79. The van der Waals surface area contributed by atoms with Gasteiger partial charge in [-0.2, -0.15) is 0 Å². The number of carboxylic acid groups (broad SMARTS) is 1. The van der Waals surface area contributed by atoms with Crippen molar-refractivity contribution in [3.05, 3.63) is 35.4 Å². The quantitative estimate of drug-likeness (QED) is 0.817. The SMILES string of the molecule is NC(C(=O)O)C1(c2cc(F)ccc2F)COC1. The van der Waals surface area contributed by atoms with Gasteiger partial charge in [0.2, 0.25) is 0 Å². The van der Waals surface area contributed by atoms with Crippen LogP contribution in [0.4, 0.5) is 8.78 Å². The van der Waals surface area contributed by atoms with Gasteiger partial charge < -0.3 is 15.6 Å². The number of aliphatic carboxylic acids is 1. The molecule has 6 heteroatoms. The van der Waals surface area contributed by atoms with E-state index in [9.17, 15) is 13.6 Å². The maximum Gasteiger partial charge on any atom is 0.321 e. The van der Waals surface area contributed by atoms with Gasteiger partial charge in [0.1, 0.15) is 17.7 Å². The Labute approximate surface area is 96.0 Å². The van der Waals surface area contributed by atoms with Crippen LogP contribution in [0.25, 0.3) is 0 Å². The summed E-state index contributed by atoms with van der Waals surface area (Å²) in [5, 5.41) is 8.91. The van der Waals surface area contributed by atoms with Crippen LogP contribution in [0.15, 0.2) is 18.2 Å². The molecule has 0 amide bonds. The van der Waals surface area contributed by atoms with Crippen molar-refractivity contribution < 1.29 is 23.4 Å². The Morgan fingerprint density at radius 2 is 2.12 bits per heavy atom. The number of ether oxygens (including phenoxy) is 1. The highest BCUT2D eigenvalue weighted by Crippen LogP contribution is 2.37. The number of nitrogens with two attached hydrogens (primary N) is 1. The molecule has 1 saturated heterocycles. The molecule has 1 heterocycles. The van der Waals surface area contributed by atoms with E-state index in [1.54, 1.807) is 0 Å². The van der Waals surface area contributed by atoms with Crippen molar-refractivity contribution in [3.63, 3.8) is 0 Å². The van der Waals surface area contributed by atoms with Crippen LogP contribution in [0, 0.1) is 11.6 Å². The second-order valence-corrected chi connectivity index (χ2v) is 4.09. The summed E-state index contributed by atoms with van der Waals surface area (Å²) >= 11 is 0. The van der Waals surface area contributed by atoms with E-state index in [-0.39, 0.29) is 18.8 Å². The number of hydrogen-bond acceptors (Lipinski definition) is 3. The third-order valence-electron chi connectivity index (χ3n) is 3.05. The molecule has 0 spiro atoms. The molecule has 1 aliphatic rings. The topological polar surface area (TPSA) is 72.6 Å². The molecular weight excluding hydrogens is 232 g/mol. The number of rotatable bonds is 3. The zero-order valence-electron chi connectivity index (χ0n) is 8.82. The third-order valence-corrected chi connectivity index (χ3v) is 3.05. The fraction of sp³-hybridized carbons (Fsp3) is 0.364. The van der Waals surface area contributed by atoms with E-state index in [0.29, 0.717) is 0 Å². The number of benzene rings is 1. The summed E-state index contributed by atoms with van der Waals surface area (Å²) in [4.78, 5) is 10.9. The Morgan fingerprint density at radius 3 is 2.59 bits per heavy atom. The first-order chi connectivity index (χ1) is 7.97. The predicted molar refractivity (Wildman–Crippen MR) is 54.5 cm³/mol. The molecule has 0 aromatic heterocycles. The van der Waals surface area contributed by atoms with Crippen molar-refractivity contribution in [1.29, 1.82) is 0 Å². The van der Waals surface area contributed by atoms with Crippen molar-refractivity contribution in [2.75, 3.05) is 13.2 Å². The predicted octanol–water partition coefficient (Wildman–Crippen LogP) is 0.645. The molecule has 1 aromatic carbocycles. The molecule has 0 radical (unpaired) electrons. The van der Waals surface area contributed by atoms with E-state index in [2.05, 4.69) is 0 Å². The number of halogens is 2. The van der Waals surface area contributed by atoms with E-state index in [1.165, 1.54) is 0 Å². The lowest BCUT2D eigenvalue weighted by molar-refractivity contribution is -0.149. The Balaban J connectivity index is 2.48. The highest BCUT2D eigenvalue weighted by atomic mass is 19.1. The van der Waals surface area contributed by atoms with E-state index in [0.717, 1.165) is 18.2 Å². The fourth-order valence-corrected chi connectivity index (χ4v) is 1.94. The lowest BCUT2D eigenvalue weighted by Gasteiger charge is -2.44. The standard InChI is InChI=1S/C11H11F2NO3/c12-6-1-2-8(13)7(3-6)11(4-17-5-11)9(14)10(15)16/h1-3,9H,4-5,14H2,(H,15,16). The van der Waals surface area contributed by atoms with Crippen LogP contribution in [-0.4, -0.2) is 30.3 Å². The van der Waals surface area contributed by atoms with Crippen LogP contribution in [-0.2, 0) is 14.9 Å². The van der Waals surface area contributed by atoms with Gasteiger partial charge in [-0.3, -0.25) is 4.79 Å². The van der Waals surface area contributed by atoms with E-state index in [4.69, 9.17) is 15.6 Å². The molecule has 3 N–H and O–H groups in total. The smallest absolute Gasteiger partial charge is 0.321 e. The van der Waals surface area contributed by atoms with E-state index < -0.39 is 29.1 Å². The number of carboxylic acids is 1. The summed E-state index contributed by atoms with van der Waals surface area (Å²) in [5.74, 6) is -2.58. The second kappa shape index (κ2) is 4.05. The average Bonchev–Trinajstić information content (AvgIpc) is 2.21. The van der Waals surface area contributed by atoms with Gasteiger partial charge in [0.15, 0.2) is 0 Å². The first-order valence-electron chi connectivity index (χ1n) is 4.99. The highest BCUT2D eigenvalue weighted by Gasteiger charge is 2.50. The Hall–Kier alpha value is -1.53. The maximum absolute atomic E-state index is 13.6. The lowest BCUT2D eigenvalue weighted by atomic mass is 9.72. The molecule has 1 atom stereocenters. The second-order valence-electron chi connectivity index (χ2n) is 4.09. The van der Waals surface area contributed by atoms with Crippen LogP contribution < -0.4 is 5.73 Å². The van der Waals surface area contributed by atoms with Gasteiger partial charge in [-0.05, 0) is 18.2 Å². The molecule has 92 valence electrons. The van der Waals surface area contributed by atoms with Crippen molar-refractivity contribution in [3.8, 4) is 0 Å². The van der Waals surface area contributed by atoms with Gasteiger partial charge >= 0.3 is 5.97 Å². The largest absolute Gasteiger partial charge is 0.480 e. The average molecular weight is 243 g/mol. The molecule has 0 aliphatic carbocycles. The monoisotopic (exact) mass is 243 g/mol. The summed E-state index contributed by atoms with van der Waals surface area (Å²) < 4.78 is 31.7. The summed E-state index contributed by atoms with van der Waals surface area (Å²) in [7, 11) is 0. The van der Waals surface area contributed by atoms with Gasteiger partial charge in [0.05, 0.1) is 18.6 Å². The summed E-state index contributed by atoms with van der Waals surface area (Å²) in [6.45, 7) is -0.0539. The molecule has 1 fully saturated rings. The van der Waals surface area contributed by atoms with Gasteiger partial charge in [0.25, 0.3) is 0 Å². The van der Waals surface area contributed by atoms with Crippen LogP contribution in [0.3, 0.4) is 0 Å². The first-order valence-corrected chi connectivity index (χ1v) is 4.99. The lowest BCUT2D eigenvalue weighted by Crippen LogP contribution is -2.62. The summed E-state index contributed by atoms with van der Waals surface area (Å²) in [5.41, 5.74) is 4.31. The van der Waals surface area contributed by atoms with Crippen molar-refractivity contribution in [1.82, 2.24) is 0 Å². The summed E-state index contributed by atoms with van der Waals surface area (Å²) in [6.07, 6.45) is 0. The zero-order valence-corrected chi connectivity index (χ0v) is 8.82. The number of carbonyl (C=O) groups is 1. The molecular formula is C11H11F2NO3. The fourth-order valence-electron chi connectivity index (χ4n) is 1.94. The van der Waals surface area contributed by atoms with Crippen LogP contribution >= 0.6 is 0 Å². The molecule has 0 bridgehead atoms. The molecule has 17 heavy (non-hydrogen) atoms. The van der Waals surface area contributed by atoms with Gasteiger partial charge in [-0.25, -0.2) is 8.78 Å². The van der Waals surface area contributed by atoms with Crippen LogP contribution in [0.2, 0.25) is 0 Å². The molecule has 1 aliphatic heterocycles. The molecule has 2 rings (SSSR count). The van der Waals surface area contributed by atoms with Crippen LogP contribution in [0.1, 0.15) is 5.56 Å². The zero-order chi connectivity index (χ0) is 12.6. The number of hydrogen-bond donors (Lipinski definition) is 2.